The lowest BCUT2D eigenvalue weighted by Gasteiger charge is -2.15. The maximum Gasteiger partial charge on any atom is 0.339 e. The van der Waals surface area contributed by atoms with Gasteiger partial charge in [-0.1, -0.05) is 42.5 Å². The zero-order chi connectivity index (χ0) is 15.2. The second kappa shape index (κ2) is 6.47. The third kappa shape index (κ3) is 3.54. The first kappa shape index (κ1) is 14.5. The molecular formula is C16H13NO4. The molecule has 0 radical (unpaired) electrons. The molecule has 0 aliphatic heterocycles. The Morgan fingerprint density at radius 3 is 2.14 bits per heavy atom. The van der Waals surface area contributed by atoms with E-state index in [0.29, 0.717) is 17.4 Å². The van der Waals surface area contributed by atoms with E-state index in [1.165, 1.54) is 24.3 Å². The summed E-state index contributed by atoms with van der Waals surface area (Å²) in [6.45, 7) is 0. The van der Waals surface area contributed by atoms with Crippen molar-refractivity contribution in [3.63, 3.8) is 0 Å². The van der Waals surface area contributed by atoms with E-state index in [0.717, 1.165) is 0 Å². The van der Waals surface area contributed by atoms with Crippen LogP contribution >= 0.6 is 0 Å². The molecule has 2 aromatic carbocycles. The molecule has 0 heterocycles. The minimum Gasteiger partial charge on any atom is -0.444 e. The van der Waals surface area contributed by atoms with E-state index in [1.54, 1.807) is 30.3 Å². The molecule has 1 atom stereocenters. The van der Waals surface area contributed by atoms with E-state index in [-0.39, 0.29) is 5.56 Å². The summed E-state index contributed by atoms with van der Waals surface area (Å²) in [6.07, 6.45) is -0.477. The minimum atomic E-state index is -1.15. The summed E-state index contributed by atoms with van der Waals surface area (Å²) < 4.78 is 5.16. The number of aldehydes is 1. The van der Waals surface area contributed by atoms with Crippen molar-refractivity contribution < 1.29 is 19.1 Å². The van der Waals surface area contributed by atoms with Crippen molar-refractivity contribution in [1.82, 2.24) is 0 Å². The van der Waals surface area contributed by atoms with Crippen LogP contribution in [0.5, 0.6) is 0 Å². The molecule has 0 fully saturated rings. The minimum absolute atomic E-state index is 0.239. The Balaban J connectivity index is 2.18. The topological polar surface area (TPSA) is 86.5 Å². The molecule has 5 nitrogen and oxygen atoms in total. The van der Waals surface area contributed by atoms with Gasteiger partial charge in [0.2, 0.25) is 6.10 Å². The van der Waals surface area contributed by atoms with Gasteiger partial charge in [0.1, 0.15) is 6.29 Å². The van der Waals surface area contributed by atoms with E-state index in [2.05, 4.69) is 0 Å². The summed E-state index contributed by atoms with van der Waals surface area (Å²) in [5, 5.41) is 0. The standard InChI is InChI=1S/C16H13NO4/c17-15(19)14(12-4-2-1-3-5-12)21-16(20)13-8-6-11(10-18)7-9-13/h1-10,14H,(H2,17,19). The number of amides is 1. The van der Waals surface area contributed by atoms with Crippen molar-refractivity contribution in [3.05, 3.63) is 71.3 Å². The summed E-state index contributed by atoms with van der Waals surface area (Å²) in [5.74, 6) is -1.43. The van der Waals surface area contributed by atoms with E-state index in [1.807, 2.05) is 0 Å². The lowest BCUT2D eigenvalue weighted by molar-refractivity contribution is -0.127. The molecular weight excluding hydrogens is 270 g/mol. The van der Waals surface area contributed by atoms with E-state index in [4.69, 9.17) is 10.5 Å². The Bertz CT molecular complexity index is 650. The Kier molecular flexibility index (Phi) is 4.46. The van der Waals surface area contributed by atoms with Gasteiger partial charge in [-0.05, 0) is 12.1 Å². The van der Waals surface area contributed by atoms with Crippen LogP contribution in [0.3, 0.4) is 0 Å². The number of hydrogen-bond donors (Lipinski definition) is 1. The molecule has 1 amide bonds. The predicted molar refractivity (Wildman–Crippen MR) is 75.6 cm³/mol. The van der Waals surface area contributed by atoms with Crippen molar-refractivity contribution in [2.24, 2.45) is 5.73 Å². The number of carbonyl (C=O) groups excluding carboxylic acids is 3. The second-order valence-electron chi connectivity index (χ2n) is 4.34. The number of nitrogens with two attached hydrogens (primary N) is 1. The zero-order valence-corrected chi connectivity index (χ0v) is 11.1. The molecule has 0 aliphatic rings. The van der Waals surface area contributed by atoms with Crippen LogP contribution in [-0.4, -0.2) is 18.2 Å². The number of hydrogen-bond acceptors (Lipinski definition) is 4. The van der Waals surface area contributed by atoms with Crippen LogP contribution in [0.25, 0.3) is 0 Å². The normalized spacial score (nSPS) is 11.4. The molecule has 1 unspecified atom stereocenters. The summed E-state index contributed by atoms with van der Waals surface area (Å²) in [4.78, 5) is 34.0. The van der Waals surface area contributed by atoms with Gasteiger partial charge in [0.15, 0.2) is 0 Å². The lowest BCUT2D eigenvalue weighted by atomic mass is 10.1. The van der Waals surface area contributed by atoms with E-state index >= 15 is 0 Å². The van der Waals surface area contributed by atoms with Crippen LogP contribution in [0, 0.1) is 0 Å². The summed E-state index contributed by atoms with van der Waals surface area (Å²) in [6, 6.07) is 14.4. The molecule has 2 N–H and O–H groups in total. The Morgan fingerprint density at radius 1 is 1.00 bits per heavy atom. The van der Waals surface area contributed by atoms with Crippen LogP contribution in [0.4, 0.5) is 0 Å². The van der Waals surface area contributed by atoms with Crippen LogP contribution in [-0.2, 0) is 9.53 Å². The van der Waals surface area contributed by atoms with Gasteiger partial charge < -0.3 is 10.5 Å². The number of primary amides is 1. The Hall–Kier alpha value is -2.95. The fourth-order valence-corrected chi connectivity index (χ4v) is 1.79. The third-order valence-electron chi connectivity index (χ3n) is 2.87. The molecule has 0 aliphatic carbocycles. The molecule has 2 rings (SSSR count). The number of esters is 1. The van der Waals surface area contributed by atoms with Gasteiger partial charge in [0, 0.05) is 11.1 Å². The second-order valence-corrected chi connectivity index (χ2v) is 4.34. The maximum atomic E-state index is 12.0. The van der Waals surface area contributed by atoms with Crippen molar-refractivity contribution >= 4 is 18.2 Å². The van der Waals surface area contributed by atoms with E-state index < -0.39 is 18.0 Å². The fraction of sp³-hybridized carbons (Fsp3) is 0.0625. The number of ether oxygens (including phenoxy) is 1. The van der Waals surface area contributed by atoms with Gasteiger partial charge in [0.05, 0.1) is 5.56 Å². The van der Waals surface area contributed by atoms with E-state index in [9.17, 15) is 14.4 Å². The van der Waals surface area contributed by atoms with Gasteiger partial charge in [-0.2, -0.15) is 0 Å². The number of benzene rings is 2. The molecule has 106 valence electrons. The van der Waals surface area contributed by atoms with Crippen LogP contribution in [0.1, 0.15) is 32.4 Å². The number of carbonyl (C=O) groups is 3. The summed E-state index contributed by atoms with van der Waals surface area (Å²) in [7, 11) is 0. The molecule has 0 spiro atoms. The van der Waals surface area contributed by atoms with Crippen LogP contribution in [0.15, 0.2) is 54.6 Å². The lowest BCUT2D eigenvalue weighted by Crippen LogP contribution is -2.26. The highest BCUT2D eigenvalue weighted by molar-refractivity contribution is 5.93. The Morgan fingerprint density at radius 2 is 1.62 bits per heavy atom. The highest BCUT2D eigenvalue weighted by Crippen LogP contribution is 2.18. The van der Waals surface area contributed by atoms with Crippen LogP contribution < -0.4 is 5.73 Å². The average Bonchev–Trinajstić information content (AvgIpc) is 2.53. The van der Waals surface area contributed by atoms with Gasteiger partial charge in [-0.15, -0.1) is 0 Å². The molecule has 0 saturated heterocycles. The molecule has 0 saturated carbocycles. The molecule has 2 aromatic rings. The highest BCUT2D eigenvalue weighted by Gasteiger charge is 2.23. The smallest absolute Gasteiger partial charge is 0.339 e. The maximum absolute atomic E-state index is 12.0. The number of rotatable bonds is 5. The molecule has 5 heteroatoms. The Labute approximate surface area is 121 Å². The van der Waals surface area contributed by atoms with Gasteiger partial charge in [-0.3, -0.25) is 9.59 Å². The largest absolute Gasteiger partial charge is 0.444 e. The van der Waals surface area contributed by atoms with Gasteiger partial charge in [0.25, 0.3) is 5.91 Å². The van der Waals surface area contributed by atoms with Gasteiger partial charge >= 0.3 is 5.97 Å². The van der Waals surface area contributed by atoms with Crippen molar-refractivity contribution in [1.29, 1.82) is 0 Å². The molecule has 0 bridgehead atoms. The quantitative estimate of drug-likeness (QED) is 0.670. The van der Waals surface area contributed by atoms with Crippen LogP contribution in [0.2, 0.25) is 0 Å². The highest BCUT2D eigenvalue weighted by atomic mass is 16.5. The first-order chi connectivity index (χ1) is 10.1. The van der Waals surface area contributed by atoms with Gasteiger partial charge in [-0.25, -0.2) is 4.79 Å². The first-order valence-corrected chi connectivity index (χ1v) is 6.22. The zero-order valence-electron chi connectivity index (χ0n) is 11.1. The average molecular weight is 283 g/mol. The third-order valence-corrected chi connectivity index (χ3v) is 2.87. The summed E-state index contributed by atoms with van der Waals surface area (Å²) in [5.41, 5.74) is 6.47. The monoisotopic (exact) mass is 283 g/mol. The van der Waals surface area contributed by atoms with Crippen molar-refractivity contribution in [2.45, 2.75) is 6.10 Å². The first-order valence-electron chi connectivity index (χ1n) is 6.22. The molecule has 0 aromatic heterocycles. The predicted octanol–water partition coefficient (Wildman–Crippen LogP) is 1.88. The summed E-state index contributed by atoms with van der Waals surface area (Å²) >= 11 is 0. The molecule has 21 heavy (non-hydrogen) atoms. The SMILES string of the molecule is NC(=O)C(OC(=O)c1ccc(C=O)cc1)c1ccccc1. The fourth-order valence-electron chi connectivity index (χ4n) is 1.79. The van der Waals surface area contributed by atoms with Crippen molar-refractivity contribution in [2.75, 3.05) is 0 Å². The van der Waals surface area contributed by atoms with Crippen molar-refractivity contribution in [3.8, 4) is 0 Å².